The van der Waals surface area contributed by atoms with Crippen molar-refractivity contribution in [3.05, 3.63) is 151 Å². The smallest absolute Gasteiger partial charge is 0.165 e. The van der Waals surface area contributed by atoms with Gasteiger partial charge in [0.05, 0.1) is 16.9 Å². The lowest BCUT2D eigenvalue weighted by Crippen LogP contribution is -1.94. The van der Waals surface area contributed by atoms with Gasteiger partial charge in [0.2, 0.25) is 0 Å². The van der Waals surface area contributed by atoms with Crippen molar-refractivity contribution in [2.75, 3.05) is 0 Å². The Labute approximate surface area is 254 Å². The monoisotopic (exact) mass is 562 g/mol. The van der Waals surface area contributed by atoms with Crippen LogP contribution < -0.4 is 0 Å². The van der Waals surface area contributed by atoms with E-state index in [0.717, 1.165) is 73.2 Å². The Balaban J connectivity index is 1.12. The predicted octanol–water partition coefficient (Wildman–Crippen LogP) is 9.71. The number of fused-ring (bicyclic) bond motifs is 8. The quantitative estimate of drug-likeness (QED) is 0.215. The van der Waals surface area contributed by atoms with Crippen molar-refractivity contribution in [2.24, 2.45) is 0 Å². The SMILES string of the molecule is C1=CCc2c(ccc3ccc(-c4ccc(-c5cccc(-c6nc7c(nc8ccccn87)c7ccccc67)c5)cc4)nc23)C=C1. The summed E-state index contributed by atoms with van der Waals surface area (Å²) in [6.45, 7) is 0. The van der Waals surface area contributed by atoms with Crippen LogP contribution in [0.3, 0.4) is 0 Å². The van der Waals surface area contributed by atoms with Gasteiger partial charge >= 0.3 is 0 Å². The zero-order chi connectivity index (χ0) is 29.0. The molecule has 8 aromatic rings. The molecular weight excluding hydrogens is 536 g/mol. The number of benzene rings is 4. The van der Waals surface area contributed by atoms with Gasteiger partial charge in [-0.1, -0.05) is 115 Å². The molecule has 0 saturated heterocycles. The van der Waals surface area contributed by atoms with Crippen LogP contribution in [0.4, 0.5) is 0 Å². The second-order valence-corrected chi connectivity index (χ2v) is 11.3. The second kappa shape index (κ2) is 9.85. The lowest BCUT2D eigenvalue weighted by atomic mass is 9.97. The van der Waals surface area contributed by atoms with Gasteiger partial charge in [-0.15, -0.1) is 0 Å². The van der Waals surface area contributed by atoms with Gasteiger partial charge in [-0.3, -0.25) is 4.40 Å². The Hall–Kier alpha value is -5.87. The van der Waals surface area contributed by atoms with Gasteiger partial charge in [0.15, 0.2) is 5.65 Å². The van der Waals surface area contributed by atoms with E-state index in [1.165, 1.54) is 16.5 Å². The summed E-state index contributed by atoms with van der Waals surface area (Å²) in [5.74, 6) is 0. The van der Waals surface area contributed by atoms with E-state index < -0.39 is 0 Å². The first-order chi connectivity index (χ1) is 21.8. The average molecular weight is 563 g/mol. The number of rotatable bonds is 3. The third-order valence-electron chi connectivity index (χ3n) is 8.66. The van der Waals surface area contributed by atoms with Gasteiger partial charge in [0, 0.05) is 33.5 Å². The highest BCUT2D eigenvalue weighted by Crippen LogP contribution is 2.35. The molecule has 206 valence electrons. The largest absolute Gasteiger partial charge is 0.284 e. The maximum atomic E-state index is 5.20. The molecule has 0 bridgehead atoms. The molecular formula is C40H26N4. The van der Waals surface area contributed by atoms with Gasteiger partial charge in [0.25, 0.3) is 0 Å². The molecule has 4 heteroatoms. The van der Waals surface area contributed by atoms with Crippen LogP contribution in [0.2, 0.25) is 0 Å². The molecule has 0 N–H and O–H groups in total. The Kier molecular flexibility index (Phi) is 5.53. The molecule has 44 heavy (non-hydrogen) atoms. The third kappa shape index (κ3) is 3.96. The van der Waals surface area contributed by atoms with Crippen LogP contribution in [-0.2, 0) is 6.42 Å². The molecule has 0 fully saturated rings. The highest BCUT2D eigenvalue weighted by molar-refractivity contribution is 6.09. The van der Waals surface area contributed by atoms with Crippen molar-refractivity contribution < 1.29 is 0 Å². The van der Waals surface area contributed by atoms with E-state index in [0.29, 0.717) is 0 Å². The molecule has 1 aliphatic rings. The van der Waals surface area contributed by atoms with Crippen molar-refractivity contribution >= 4 is 44.6 Å². The molecule has 4 heterocycles. The predicted molar refractivity (Wildman–Crippen MR) is 181 cm³/mol. The molecule has 1 aliphatic carbocycles. The van der Waals surface area contributed by atoms with Crippen LogP contribution >= 0.6 is 0 Å². The standard InChI is InChI=1S/C40H26N4/c1-2-9-27-18-21-29-22-23-35(41-37(29)32(27)12-3-1)28-19-16-26(17-20-28)30-10-8-11-31(25-30)38-33-13-4-5-14-34(33)39-40(43-38)44-24-7-6-15-36(44)42-39/h1-11,13-25H,12H2. The van der Waals surface area contributed by atoms with Gasteiger partial charge < -0.3 is 0 Å². The number of hydrogen-bond acceptors (Lipinski definition) is 3. The number of nitrogens with zero attached hydrogens (tertiary/aromatic N) is 4. The highest BCUT2D eigenvalue weighted by atomic mass is 15.1. The summed E-state index contributed by atoms with van der Waals surface area (Å²) < 4.78 is 2.07. The normalized spacial score (nSPS) is 12.7. The Morgan fingerprint density at radius 2 is 1.39 bits per heavy atom. The van der Waals surface area contributed by atoms with E-state index in [2.05, 4.69) is 126 Å². The molecule has 0 aliphatic heterocycles. The number of hydrogen-bond donors (Lipinski definition) is 0. The minimum atomic E-state index is 0.871. The van der Waals surface area contributed by atoms with Crippen molar-refractivity contribution in [3.63, 3.8) is 0 Å². The van der Waals surface area contributed by atoms with Crippen molar-refractivity contribution in [1.29, 1.82) is 0 Å². The fourth-order valence-corrected chi connectivity index (χ4v) is 6.45. The van der Waals surface area contributed by atoms with Crippen molar-refractivity contribution in [1.82, 2.24) is 19.4 Å². The zero-order valence-corrected chi connectivity index (χ0v) is 23.9. The Morgan fingerprint density at radius 3 is 2.32 bits per heavy atom. The fraction of sp³-hybridized carbons (Fsp3) is 0.0250. The number of allylic oxidation sites excluding steroid dienone is 3. The summed E-state index contributed by atoms with van der Waals surface area (Å²) in [4.78, 5) is 15.2. The van der Waals surface area contributed by atoms with E-state index in [4.69, 9.17) is 15.0 Å². The summed E-state index contributed by atoms with van der Waals surface area (Å²) in [6, 6.07) is 40.6. The molecule has 0 atom stereocenters. The summed E-state index contributed by atoms with van der Waals surface area (Å²) in [6.07, 6.45) is 11.5. The third-order valence-corrected chi connectivity index (χ3v) is 8.66. The Bertz CT molecular complexity index is 2460. The zero-order valence-electron chi connectivity index (χ0n) is 23.9. The van der Waals surface area contributed by atoms with Gasteiger partial charge in [-0.2, -0.15) is 0 Å². The highest BCUT2D eigenvalue weighted by Gasteiger charge is 2.15. The number of aromatic nitrogens is 4. The summed E-state index contributed by atoms with van der Waals surface area (Å²) in [5, 5.41) is 3.38. The molecule has 0 amide bonds. The second-order valence-electron chi connectivity index (χ2n) is 11.3. The van der Waals surface area contributed by atoms with Crippen LogP contribution in [0.25, 0.3) is 78.2 Å². The van der Waals surface area contributed by atoms with Gasteiger partial charge in [-0.25, -0.2) is 15.0 Å². The first-order valence-electron chi connectivity index (χ1n) is 14.9. The maximum Gasteiger partial charge on any atom is 0.165 e. The molecule has 4 aromatic heterocycles. The molecule has 0 saturated carbocycles. The van der Waals surface area contributed by atoms with Gasteiger partial charge in [0.1, 0.15) is 11.2 Å². The minimum absolute atomic E-state index is 0.871. The Morgan fingerprint density at radius 1 is 0.568 bits per heavy atom. The maximum absolute atomic E-state index is 5.20. The van der Waals surface area contributed by atoms with E-state index in [1.807, 2.05) is 24.4 Å². The van der Waals surface area contributed by atoms with Crippen molar-refractivity contribution in [2.45, 2.75) is 6.42 Å². The molecule has 0 spiro atoms. The van der Waals surface area contributed by atoms with Crippen LogP contribution in [0.15, 0.2) is 140 Å². The first kappa shape index (κ1) is 24.7. The lowest BCUT2D eigenvalue weighted by Gasteiger charge is -2.11. The first-order valence-corrected chi connectivity index (χ1v) is 14.9. The van der Waals surface area contributed by atoms with Crippen LogP contribution in [-0.4, -0.2) is 19.4 Å². The molecule has 4 nitrogen and oxygen atoms in total. The van der Waals surface area contributed by atoms with E-state index in [-0.39, 0.29) is 0 Å². The molecule has 4 aromatic carbocycles. The molecule has 0 radical (unpaired) electrons. The van der Waals surface area contributed by atoms with Crippen molar-refractivity contribution in [3.8, 4) is 33.6 Å². The topological polar surface area (TPSA) is 43.1 Å². The summed E-state index contributed by atoms with van der Waals surface area (Å²) >= 11 is 0. The number of imidazole rings is 1. The van der Waals surface area contributed by atoms with Crippen LogP contribution in [0, 0.1) is 0 Å². The fourth-order valence-electron chi connectivity index (χ4n) is 6.45. The van der Waals surface area contributed by atoms with Gasteiger partial charge in [-0.05, 0) is 52.9 Å². The molecule has 9 rings (SSSR count). The molecule has 0 unspecified atom stereocenters. The van der Waals surface area contributed by atoms with E-state index in [1.54, 1.807) is 0 Å². The lowest BCUT2D eigenvalue weighted by molar-refractivity contribution is 1.19. The average Bonchev–Trinajstić information content (AvgIpc) is 3.29. The minimum Gasteiger partial charge on any atom is -0.284 e. The summed E-state index contributed by atoms with van der Waals surface area (Å²) in [5.41, 5.74) is 12.7. The number of pyridine rings is 3. The summed E-state index contributed by atoms with van der Waals surface area (Å²) in [7, 11) is 0. The van der Waals surface area contributed by atoms with Crippen LogP contribution in [0.1, 0.15) is 11.1 Å². The van der Waals surface area contributed by atoms with E-state index in [9.17, 15) is 0 Å². The van der Waals surface area contributed by atoms with Crippen LogP contribution in [0.5, 0.6) is 0 Å². The van der Waals surface area contributed by atoms with E-state index >= 15 is 0 Å².